The molecule has 154 valence electrons. The smallest absolute Gasteiger partial charge is 0.388 e. The number of benzene rings is 1. The van der Waals surface area contributed by atoms with Gasteiger partial charge in [-0.05, 0) is 38.1 Å². The lowest BCUT2D eigenvalue weighted by Crippen LogP contribution is -2.59. The predicted molar refractivity (Wildman–Crippen MR) is 105 cm³/mol. The van der Waals surface area contributed by atoms with Gasteiger partial charge < -0.3 is 9.47 Å². The number of carbonyl (C=O) groups excluding carboxylic acids is 3. The van der Waals surface area contributed by atoms with Crippen molar-refractivity contribution in [3.63, 3.8) is 0 Å². The van der Waals surface area contributed by atoms with Gasteiger partial charge >= 0.3 is 12.0 Å². The van der Waals surface area contributed by atoms with Gasteiger partial charge in [0.15, 0.2) is 5.60 Å². The SMILES string of the molecule is CN1C(=O)C2N=C[N+](CCOC(=O)C(C)(C)Oc3ccc(Cl)cc3)=C2N(C)C1=O. The number of rotatable bonds is 6. The Balaban J connectivity index is 1.61. The second-order valence-corrected chi connectivity index (χ2v) is 7.60. The minimum atomic E-state index is -1.21. The molecule has 3 rings (SSSR count). The van der Waals surface area contributed by atoms with E-state index < -0.39 is 29.6 Å². The Bertz CT molecular complexity index is 910. The fourth-order valence-electron chi connectivity index (χ4n) is 3.00. The van der Waals surface area contributed by atoms with Crippen molar-refractivity contribution in [3.8, 4) is 5.75 Å². The van der Waals surface area contributed by atoms with Crippen LogP contribution in [0.1, 0.15) is 13.8 Å². The molecule has 0 bridgehead atoms. The highest BCUT2D eigenvalue weighted by Crippen LogP contribution is 2.22. The van der Waals surface area contributed by atoms with Gasteiger partial charge in [-0.1, -0.05) is 11.6 Å². The summed E-state index contributed by atoms with van der Waals surface area (Å²) in [6.07, 6.45) is 1.48. The molecule has 9 nitrogen and oxygen atoms in total. The summed E-state index contributed by atoms with van der Waals surface area (Å²) in [5, 5.41) is 0.566. The lowest BCUT2D eigenvalue weighted by Gasteiger charge is -2.27. The number of carbonyl (C=O) groups is 3. The number of hydrogen-bond donors (Lipinski definition) is 0. The summed E-state index contributed by atoms with van der Waals surface area (Å²) in [6.45, 7) is 3.48. The summed E-state index contributed by atoms with van der Waals surface area (Å²) >= 11 is 5.85. The van der Waals surface area contributed by atoms with Crippen LogP contribution in [-0.4, -0.2) is 83.3 Å². The number of urea groups is 1. The number of aliphatic imine (C=N–C) groups is 1. The van der Waals surface area contributed by atoms with Crippen molar-refractivity contribution in [2.24, 2.45) is 4.99 Å². The zero-order valence-corrected chi connectivity index (χ0v) is 17.3. The van der Waals surface area contributed by atoms with Gasteiger partial charge in [0.05, 0.1) is 7.05 Å². The highest BCUT2D eigenvalue weighted by molar-refractivity contribution is 6.30. The van der Waals surface area contributed by atoms with E-state index in [1.807, 2.05) is 0 Å². The first kappa shape index (κ1) is 20.8. The molecule has 0 N–H and O–H groups in total. The number of hydrogen-bond acceptors (Lipinski definition) is 6. The summed E-state index contributed by atoms with van der Waals surface area (Å²) in [5.41, 5.74) is -1.21. The fourth-order valence-corrected chi connectivity index (χ4v) is 3.13. The molecular formula is C19H22ClN4O5+. The van der Waals surface area contributed by atoms with Crippen LogP contribution in [0, 0.1) is 0 Å². The molecule has 2 aliphatic rings. The monoisotopic (exact) mass is 421 g/mol. The minimum Gasteiger partial charge on any atom is -0.476 e. The quantitative estimate of drug-likeness (QED) is 0.511. The van der Waals surface area contributed by atoms with Gasteiger partial charge in [0.2, 0.25) is 6.34 Å². The highest BCUT2D eigenvalue weighted by Gasteiger charge is 2.50. The minimum absolute atomic E-state index is 0.0283. The third kappa shape index (κ3) is 4.09. The molecule has 2 heterocycles. The Labute approximate surface area is 173 Å². The first-order chi connectivity index (χ1) is 13.6. The van der Waals surface area contributed by atoms with Crippen molar-refractivity contribution < 1.29 is 28.4 Å². The van der Waals surface area contributed by atoms with Gasteiger partial charge in [0.25, 0.3) is 17.8 Å². The molecule has 1 aromatic carbocycles. The van der Waals surface area contributed by atoms with Crippen LogP contribution in [0.2, 0.25) is 5.02 Å². The molecular weight excluding hydrogens is 400 g/mol. The van der Waals surface area contributed by atoms with E-state index in [1.54, 1.807) is 49.7 Å². The average Bonchev–Trinajstić information content (AvgIpc) is 3.10. The van der Waals surface area contributed by atoms with Crippen LogP contribution in [0.4, 0.5) is 4.79 Å². The van der Waals surface area contributed by atoms with E-state index in [0.717, 1.165) is 4.90 Å². The summed E-state index contributed by atoms with van der Waals surface area (Å²) in [7, 11) is 2.99. The zero-order valence-electron chi connectivity index (χ0n) is 16.6. The molecule has 0 aliphatic carbocycles. The van der Waals surface area contributed by atoms with Gasteiger partial charge in [0, 0.05) is 12.1 Å². The van der Waals surface area contributed by atoms with Crippen molar-refractivity contribution in [1.82, 2.24) is 9.80 Å². The molecule has 0 radical (unpaired) electrons. The maximum absolute atomic E-state index is 12.4. The lowest BCUT2D eigenvalue weighted by molar-refractivity contribution is -0.405. The maximum Gasteiger partial charge on any atom is 0.388 e. The number of halogens is 1. The number of amidine groups is 1. The third-order valence-corrected chi connectivity index (χ3v) is 4.87. The number of imide groups is 1. The van der Waals surface area contributed by atoms with E-state index in [0.29, 0.717) is 16.6 Å². The summed E-state index contributed by atoms with van der Waals surface area (Å²) < 4.78 is 12.7. The zero-order chi connectivity index (χ0) is 21.3. The van der Waals surface area contributed by atoms with Crippen LogP contribution in [0.25, 0.3) is 0 Å². The van der Waals surface area contributed by atoms with E-state index in [4.69, 9.17) is 21.1 Å². The Morgan fingerprint density at radius 1 is 1.21 bits per heavy atom. The van der Waals surface area contributed by atoms with Gasteiger partial charge in [-0.25, -0.2) is 19.1 Å². The number of esters is 1. The average molecular weight is 422 g/mol. The standard InChI is InChI=1S/C19H22ClN4O5/c1-19(2,29-13-7-5-12(20)6-8-13)17(26)28-10-9-24-11-21-14-15(24)22(3)18(27)23(4)16(14)25/h5-8,11,14H,9-10H2,1-4H3/q+1. The van der Waals surface area contributed by atoms with Crippen LogP contribution < -0.4 is 4.74 Å². The molecule has 2 aliphatic heterocycles. The van der Waals surface area contributed by atoms with Gasteiger partial charge in [0.1, 0.15) is 18.9 Å². The molecule has 1 fully saturated rings. The normalized spacial score (nSPS) is 19.0. The first-order valence-electron chi connectivity index (χ1n) is 8.95. The van der Waals surface area contributed by atoms with Crippen molar-refractivity contribution in [2.45, 2.75) is 25.5 Å². The van der Waals surface area contributed by atoms with Crippen LogP contribution in [0.15, 0.2) is 29.3 Å². The van der Waals surface area contributed by atoms with E-state index in [-0.39, 0.29) is 13.2 Å². The Kier molecular flexibility index (Phi) is 5.61. The second-order valence-electron chi connectivity index (χ2n) is 7.16. The molecule has 1 unspecified atom stereocenters. The van der Waals surface area contributed by atoms with Gasteiger partial charge in [-0.3, -0.25) is 9.69 Å². The van der Waals surface area contributed by atoms with E-state index in [2.05, 4.69) is 4.99 Å². The fraction of sp³-hybridized carbons (Fsp3) is 0.421. The maximum atomic E-state index is 12.4. The number of amides is 3. The van der Waals surface area contributed by atoms with Crippen molar-refractivity contribution in [3.05, 3.63) is 29.3 Å². The number of likely N-dealkylation sites (N-methyl/N-ethyl adjacent to an activating group) is 2. The van der Waals surface area contributed by atoms with Crippen molar-refractivity contribution in [2.75, 3.05) is 27.2 Å². The van der Waals surface area contributed by atoms with Crippen molar-refractivity contribution >= 4 is 41.7 Å². The summed E-state index contributed by atoms with van der Waals surface area (Å²) in [4.78, 5) is 43.4. The van der Waals surface area contributed by atoms with Crippen LogP contribution in [0.5, 0.6) is 5.75 Å². The Hall–Kier alpha value is -2.94. The Morgan fingerprint density at radius 2 is 1.86 bits per heavy atom. The largest absolute Gasteiger partial charge is 0.476 e. The summed E-state index contributed by atoms with van der Waals surface area (Å²) in [5.74, 6) is 0.00239. The van der Waals surface area contributed by atoms with Crippen LogP contribution >= 0.6 is 11.6 Å². The van der Waals surface area contributed by atoms with E-state index in [1.165, 1.54) is 18.3 Å². The van der Waals surface area contributed by atoms with Crippen LogP contribution in [0.3, 0.4) is 0 Å². The molecule has 0 saturated carbocycles. The molecule has 1 atom stereocenters. The Morgan fingerprint density at radius 3 is 2.52 bits per heavy atom. The first-order valence-corrected chi connectivity index (χ1v) is 9.33. The molecule has 0 spiro atoms. The second kappa shape index (κ2) is 7.82. The molecule has 3 amide bonds. The summed E-state index contributed by atoms with van der Waals surface area (Å²) in [6, 6.07) is 5.46. The third-order valence-electron chi connectivity index (χ3n) is 4.62. The lowest BCUT2D eigenvalue weighted by atomic mass is 10.1. The van der Waals surface area contributed by atoms with Gasteiger partial charge in [-0.15, -0.1) is 4.99 Å². The number of fused-ring (bicyclic) bond motifs is 1. The molecule has 1 saturated heterocycles. The molecule has 29 heavy (non-hydrogen) atoms. The van der Waals surface area contributed by atoms with E-state index >= 15 is 0 Å². The highest BCUT2D eigenvalue weighted by atomic mass is 35.5. The van der Waals surface area contributed by atoms with Gasteiger partial charge in [-0.2, -0.15) is 0 Å². The van der Waals surface area contributed by atoms with Crippen LogP contribution in [-0.2, 0) is 14.3 Å². The topological polar surface area (TPSA) is 91.5 Å². The molecule has 0 aromatic heterocycles. The number of nitrogens with zero attached hydrogens (tertiary/aromatic N) is 4. The molecule has 1 aromatic rings. The molecule has 10 heteroatoms. The van der Waals surface area contributed by atoms with E-state index in [9.17, 15) is 14.4 Å². The predicted octanol–water partition coefficient (Wildman–Crippen LogP) is 1.39. The van der Waals surface area contributed by atoms with Crippen molar-refractivity contribution in [1.29, 1.82) is 0 Å². The number of ether oxygens (including phenoxy) is 2.